The standard InChI is InChI=1S/C25H32N2O3/c1-6-30-24(29)21-15(2)26-18-13-25(3,4)14-20(28)23(18)22(21)17-9-10-19-16(12-17)8-7-11-27(19)5/h9-10,12,22,26H,6-8,11,13-14H2,1-5H3/t22-/m0/s1. The summed E-state index contributed by atoms with van der Waals surface area (Å²) in [5.41, 5.74) is 6.50. The summed E-state index contributed by atoms with van der Waals surface area (Å²) in [4.78, 5) is 28.6. The van der Waals surface area contributed by atoms with Gasteiger partial charge in [0.1, 0.15) is 0 Å². The van der Waals surface area contributed by atoms with E-state index in [4.69, 9.17) is 4.74 Å². The average Bonchev–Trinajstić information content (AvgIpc) is 2.66. The molecular weight excluding hydrogens is 376 g/mol. The van der Waals surface area contributed by atoms with Crippen molar-refractivity contribution in [3.63, 3.8) is 0 Å². The molecule has 3 aliphatic rings. The largest absolute Gasteiger partial charge is 0.463 e. The van der Waals surface area contributed by atoms with Gasteiger partial charge in [0, 0.05) is 48.6 Å². The van der Waals surface area contributed by atoms with E-state index >= 15 is 0 Å². The molecule has 2 aliphatic heterocycles. The fraction of sp³-hybridized carbons (Fsp3) is 0.520. The molecule has 0 unspecified atom stereocenters. The van der Waals surface area contributed by atoms with Gasteiger partial charge in [-0.05, 0) is 55.7 Å². The molecule has 0 saturated heterocycles. The van der Waals surface area contributed by atoms with Crippen molar-refractivity contribution in [2.24, 2.45) is 5.41 Å². The Hall–Kier alpha value is -2.56. The summed E-state index contributed by atoms with van der Waals surface area (Å²) in [5.74, 6) is -0.587. The molecule has 1 aromatic carbocycles. The van der Waals surface area contributed by atoms with E-state index < -0.39 is 0 Å². The van der Waals surface area contributed by atoms with Crippen LogP contribution in [-0.2, 0) is 20.7 Å². The molecule has 2 heterocycles. The molecule has 0 saturated carbocycles. The molecule has 5 heteroatoms. The predicted molar refractivity (Wildman–Crippen MR) is 118 cm³/mol. The smallest absolute Gasteiger partial charge is 0.336 e. The van der Waals surface area contributed by atoms with Crippen LogP contribution in [0.4, 0.5) is 5.69 Å². The molecule has 0 aromatic heterocycles. The lowest BCUT2D eigenvalue weighted by molar-refractivity contribution is -0.138. The van der Waals surface area contributed by atoms with Crippen molar-refractivity contribution in [3.05, 3.63) is 51.9 Å². The van der Waals surface area contributed by atoms with Crippen molar-refractivity contribution < 1.29 is 14.3 Å². The number of nitrogens with zero attached hydrogens (tertiary/aromatic N) is 1. The van der Waals surface area contributed by atoms with Gasteiger partial charge in [-0.2, -0.15) is 0 Å². The second kappa shape index (κ2) is 7.60. The highest BCUT2D eigenvalue weighted by molar-refractivity contribution is 6.04. The molecule has 0 bridgehead atoms. The number of esters is 1. The first-order valence-corrected chi connectivity index (χ1v) is 11.0. The topological polar surface area (TPSA) is 58.6 Å². The summed E-state index contributed by atoms with van der Waals surface area (Å²) in [6.07, 6.45) is 3.42. The third-order valence-corrected chi connectivity index (χ3v) is 6.52. The average molecular weight is 409 g/mol. The van der Waals surface area contributed by atoms with Gasteiger partial charge in [0.25, 0.3) is 0 Å². The van der Waals surface area contributed by atoms with Crippen molar-refractivity contribution in [1.82, 2.24) is 5.32 Å². The summed E-state index contributed by atoms with van der Waals surface area (Å²) < 4.78 is 5.41. The minimum Gasteiger partial charge on any atom is -0.463 e. The minimum atomic E-state index is -0.374. The molecule has 1 aromatic rings. The zero-order valence-corrected chi connectivity index (χ0v) is 18.7. The normalized spacial score (nSPS) is 23.0. The predicted octanol–water partition coefficient (Wildman–Crippen LogP) is 4.24. The number of Topliss-reactive ketones (excluding diaryl/α,β-unsaturated/α-hetero) is 1. The number of rotatable bonds is 3. The fourth-order valence-electron chi connectivity index (χ4n) is 5.23. The maximum atomic E-state index is 13.3. The number of dihydropyridines is 1. The quantitative estimate of drug-likeness (QED) is 0.759. The molecule has 1 atom stereocenters. The van der Waals surface area contributed by atoms with E-state index in [1.807, 2.05) is 13.8 Å². The zero-order valence-electron chi connectivity index (χ0n) is 18.7. The maximum absolute atomic E-state index is 13.3. The van der Waals surface area contributed by atoms with Crippen molar-refractivity contribution >= 4 is 17.4 Å². The highest BCUT2D eigenvalue weighted by Gasteiger charge is 2.43. The fourth-order valence-corrected chi connectivity index (χ4v) is 5.23. The Bertz CT molecular complexity index is 971. The Balaban J connectivity index is 1.87. The van der Waals surface area contributed by atoms with Crippen LogP contribution in [0.2, 0.25) is 0 Å². The molecule has 1 aliphatic carbocycles. The zero-order chi connectivity index (χ0) is 21.6. The number of nitrogens with one attached hydrogen (secondary N) is 1. The van der Waals surface area contributed by atoms with Crippen LogP contribution < -0.4 is 10.2 Å². The highest BCUT2D eigenvalue weighted by atomic mass is 16.5. The molecule has 1 N–H and O–H groups in total. The van der Waals surface area contributed by atoms with Crippen LogP contribution >= 0.6 is 0 Å². The molecule has 0 spiro atoms. The van der Waals surface area contributed by atoms with Gasteiger partial charge in [0.05, 0.1) is 12.2 Å². The van der Waals surface area contributed by atoms with E-state index in [9.17, 15) is 9.59 Å². The minimum absolute atomic E-state index is 0.0895. The number of anilines is 1. The van der Waals surface area contributed by atoms with Crippen LogP contribution in [0.1, 0.15) is 64.0 Å². The third-order valence-electron chi connectivity index (χ3n) is 6.52. The Morgan fingerprint density at radius 3 is 2.80 bits per heavy atom. The van der Waals surface area contributed by atoms with E-state index in [1.54, 1.807) is 0 Å². The maximum Gasteiger partial charge on any atom is 0.336 e. The summed E-state index contributed by atoms with van der Waals surface area (Å²) in [7, 11) is 2.11. The second-order valence-electron chi connectivity index (χ2n) is 9.56. The molecular formula is C25H32N2O3. The van der Waals surface area contributed by atoms with Gasteiger partial charge in [0.15, 0.2) is 5.78 Å². The molecule has 0 amide bonds. The first-order valence-electron chi connectivity index (χ1n) is 11.0. The van der Waals surface area contributed by atoms with Gasteiger partial charge in [-0.1, -0.05) is 26.0 Å². The molecule has 160 valence electrons. The van der Waals surface area contributed by atoms with Gasteiger partial charge in [-0.3, -0.25) is 4.79 Å². The number of aryl methyl sites for hydroxylation is 1. The van der Waals surface area contributed by atoms with Crippen LogP contribution in [-0.4, -0.2) is 32.0 Å². The summed E-state index contributed by atoms with van der Waals surface area (Å²) in [5, 5.41) is 3.39. The SMILES string of the molecule is CCOC(=O)C1=C(C)NC2=C(C(=O)CC(C)(C)C2)[C@H]1c1ccc2c(c1)CCCN2C. The highest BCUT2D eigenvalue weighted by Crippen LogP contribution is 2.47. The van der Waals surface area contributed by atoms with Crippen LogP contribution in [0.25, 0.3) is 0 Å². The Morgan fingerprint density at radius 2 is 2.07 bits per heavy atom. The number of hydrogen-bond donors (Lipinski definition) is 1. The van der Waals surface area contributed by atoms with E-state index in [-0.39, 0.29) is 23.1 Å². The van der Waals surface area contributed by atoms with Gasteiger partial charge >= 0.3 is 5.97 Å². The molecule has 0 fully saturated rings. The van der Waals surface area contributed by atoms with E-state index in [2.05, 4.69) is 49.3 Å². The van der Waals surface area contributed by atoms with E-state index in [1.165, 1.54) is 11.3 Å². The first-order chi connectivity index (χ1) is 14.2. The van der Waals surface area contributed by atoms with E-state index in [0.717, 1.165) is 48.3 Å². The summed E-state index contributed by atoms with van der Waals surface area (Å²) in [6, 6.07) is 6.42. The Kier molecular flexibility index (Phi) is 5.25. The lowest BCUT2D eigenvalue weighted by Gasteiger charge is -2.39. The molecule has 4 rings (SSSR count). The van der Waals surface area contributed by atoms with Crippen LogP contribution in [0, 0.1) is 5.41 Å². The van der Waals surface area contributed by atoms with Crippen molar-refractivity contribution in [3.8, 4) is 0 Å². The van der Waals surface area contributed by atoms with Gasteiger partial charge < -0.3 is 15.0 Å². The first kappa shape index (κ1) is 20.7. The molecule has 30 heavy (non-hydrogen) atoms. The Labute approximate surface area is 179 Å². The lowest BCUT2D eigenvalue weighted by Crippen LogP contribution is -2.38. The van der Waals surface area contributed by atoms with Gasteiger partial charge in [-0.25, -0.2) is 4.79 Å². The number of ether oxygens (including phenoxy) is 1. The third kappa shape index (κ3) is 3.55. The van der Waals surface area contributed by atoms with Crippen LogP contribution in [0.15, 0.2) is 40.7 Å². The number of benzene rings is 1. The van der Waals surface area contributed by atoms with Crippen molar-refractivity contribution in [1.29, 1.82) is 0 Å². The second-order valence-corrected chi connectivity index (χ2v) is 9.56. The number of carbonyl (C=O) groups excluding carboxylic acids is 2. The van der Waals surface area contributed by atoms with Crippen LogP contribution in [0.3, 0.4) is 0 Å². The van der Waals surface area contributed by atoms with Crippen LogP contribution in [0.5, 0.6) is 0 Å². The van der Waals surface area contributed by atoms with Crippen molar-refractivity contribution in [2.45, 2.75) is 59.3 Å². The van der Waals surface area contributed by atoms with E-state index in [0.29, 0.717) is 18.6 Å². The molecule has 5 nitrogen and oxygen atoms in total. The Morgan fingerprint density at radius 1 is 1.30 bits per heavy atom. The number of ketones is 1. The number of allylic oxidation sites excluding steroid dienone is 3. The summed E-state index contributed by atoms with van der Waals surface area (Å²) in [6.45, 7) is 9.34. The number of carbonyl (C=O) groups is 2. The van der Waals surface area contributed by atoms with Gasteiger partial charge in [0.2, 0.25) is 0 Å². The number of fused-ring (bicyclic) bond motifs is 1. The monoisotopic (exact) mass is 408 g/mol. The lowest BCUT2D eigenvalue weighted by atomic mass is 9.68. The van der Waals surface area contributed by atoms with Gasteiger partial charge in [-0.15, -0.1) is 0 Å². The van der Waals surface area contributed by atoms with Crippen molar-refractivity contribution in [2.75, 3.05) is 25.1 Å². The summed E-state index contributed by atoms with van der Waals surface area (Å²) >= 11 is 0. The molecule has 0 radical (unpaired) electrons. The number of hydrogen-bond acceptors (Lipinski definition) is 5.